The average molecular weight is 278 g/mol. The molecule has 0 saturated heterocycles. The number of carbonyl (C=O) groups excluding carboxylic acids is 1. The molecule has 1 aromatic carbocycles. The molecule has 0 fully saturated rings. The molecule has 5 nitrogen and oxygen atoms in total. The second-order valence-corrected chi connectivity index (χ2v) is 4.61. The monoisotopic (exact) mass is 278 g/mol. The molecule has 0 atom stereocenters. The molecule has 0 saturated carbocycles. The summed E-state index contributed by atoms with van der Waals surface area (Å²) in [4.78, 5) is 14.5. The Labute approximate surface area is 119 Å². The Kier molecular flexibility index (Phi) is 5.24. The summed E-state index contributed by atoms with van der Waals surface area (Å²) in [5.41, 5.74) is 0.543. The molecule has 0 radical (unpaired) electrons. The van der Waals surface area contributed by atoms with Crippen molar-refractivity contribution in [3.8, 4) is 11.5 Å². The Morgan fingerprint density at radius 3 is 2.75 bits per heavy atom. The van der Waals surface area contributed by atoms with E-state index in [1.54, 1.807) is 6.07 Å². The topological polar surface area (TPSA) is 50.8 Å². The molecule has 1 aromatic rings. The van der Waals surface area contributed by atoms with Gasteiger partial charge in [-0.25, -0.2) is 0 Å². The van der Waals surface area contributed by atoms with Crippen LogP contribution in [0.15, 0.2) is 18.2 Å². The minimum absolute atomic E-state index is 0.112. The predicted molar refractivity (Wildman–Crippen MR) is 77.6 cm³/mol. The quantitative estimate of drug-likeness (QED) is 0.857. The van der Waals surface area contributed by atoms with Crippen molar-refractivity contribution in [1.82, 2.24) is 10.2 Å². The second-order valence-electron chi connectivity index (χ2n) is 4.61. The number of amides is 1. The lowest BCUT2D eigenvalue weighted by Crippen LogP contribution is -2.35. The van der Waals surface area contributed by atoms with Crippen molar-refractivity contribution in [2.75, 3.05) is 39.4 Å². The number of rotatable bonds is 6. The van der Waals surface area contributed by atoms with E-state index in [2.05, 4.69) is 24.1 Å². The van der Waals surface area contributed by atoms with Crippen LogP contribution in [-0.4, -0.2) is 50.2 Å². The summed E-state index contributed by atoms with van der Waals surface area (Å²) in [6, 6.07) is 5.40. The van der Waals surface area contributed by atoms with E-state index in [0.717, 1.165) is 19.6 Å². The van der Waals surface area contributed by atoms with Crippen LogP contribution in [-0.2, 0) is 0 Å². The molecule has 1 heterocycles. The summed E-state index contributed by atoms with van der Waals surface area (Å²) in [5, 5.41) is 2.93. The minimum Gasteiger partial charge on any atom is -0.486 e. The first kappa shape index (κ1) is 14.7. The number of ether oxygens (including phenoxy) is 2. The predicted octanol–water partition coefficient (Wildman–Crippen LogP) is 1.53. The number of hydrogen-bond donors (Lipinski definition) is 1. The van der Waals surface area contributed by atoms with Gasteiger partial charge in [0.1, 0.15) is 13.2 Å². The van der Waals surface area contributed by atoms with Crippen LogP contribution in [0.2, 0.25) is 0 Å². The highest BCUT2D eigenvalue weighted by molar-refractivity contribution is 5.97. The standard InChI is InChI=1S/C15H22N2O3/c1-3-17(4-2)9-8-16-15(18)12-6-5-7-13-14(12)20-11-10-19-13/h5-7H,3-4,8-11H2,1-2H3,(H,16,18). The maximum Gasteiger partial charge on any atom is 0.255 e. The molecule has 1 aliphatic heterocycles. The fraction of sp³-hybridized carbons (Fsp3) is 0.533. The second kappa shape index (κ2) is 7.14. The lowest BCUT2D eigenvalue weighted by atomic mass is 10.1. The van der Waals surface area contributed by atoms with Crippen LogP contribution in [0, 0.1) is 0 Å². The summed E-state index contributed by atoms with van der Waals surface area (Å²) in [5.74, 6) is 1.09. The van der Waals surface area contributed by atoms with Crippen molar-refractivity contribution in [3.63, 3.8) is 0 Å². The van der Waals surface area contributed by atoms with E-state index >= 15 is 0 Å². The normalized spacial score (nSPS) is 13.3. The van der Waals surface area contributed by atoms with Gasteiger partial charge in [0.25, 0.3) is 5.91 Å². The van der Waals surface area contributed by atoms with Crippen LogP contribution >= 0.6 is 0 Å². The van der Waals surface area contributed by atoms with Gasteiger partial charge in [-0.1, -0.05) is 19.9 Å². The highest BCUT2D eigenvalue weighted by Gasteiger charge is 2.19. The fourth-order valence-electron chi connectivity index (χ4n) is 2.22. The molecule has 1 aliphatic rings. The highest BCUT2D eigenvalue weighted by Crippen LogP contribution is 2.33. The number of para-hydroxylation sites is 1. The SMILES string of the molecule is CCN(CC)CCNC(=O)c1cccc2c1OCCO2. The van der Waals surface area contributed by atoms with Crippen molar-refractivity contribution >= 4 is 5.91 Å². The van der Waals surface area contributed by atoms with Crippen LogP contribution in [0.1, 0.15) is 24.2 Å². The van der Waals surface area contributed by atoms with Crippen molar-refractivity contribution in [1.29, 1.82) is 0 Å². The molecule has 0 aromatic heterocycles. The fourth-order valence-corrected chi connectivity index (χ4v) is 2.22. The van der Waals surface area contributed by atoms with Gasteiger partial charge < -0.3 is 19.7 Å². The molecule has 2 rings (SSSR count). The molecule has 1 amide bonds. The van der Waals surface area contributed by atoms with Crippen LogP contribution in [0.25, 0.3) is 0 Å². The molecule has 110 valence electrons. The Morgan fingerprint density at radius 2 is 2.00 bits per heavy atom. The van der Waals surface area contributed by atoms with Gasteiger partial charge in [0.05, 0.1) is 5.56 Å². The number of carbonyl (C=O) groups is 1. The number of hydrogen-bond acceptors (Lipinski definition) is 4. The van der Waals surface area contributed by atoms with Gasteiger partial charge in [-0.2, -0.15) is 0 Å². The van der Waals surface area contributed by atoms with E-state index in [1.165, 1.54) is 0 Å². The third-order valence-corrected chi connectivity index (χ3v) is 3.42. The maximum absolute atomic E-state index is 12.2. The lowest BCUT2D eigenvalue weighted by Gasteiger charge is -2.21. The summed E-state index contributed by atoms with van der Waals surface area (Å²) in [7, 11) is 0. The molecular formula is C15H22N2O3. The molecule has 0 spiro atoms. The molecular weight excluding hydrogens is 256 g/mol. The zero-order valence-corrected chi connectivity index (χ0v) is 12.1. The lowest BCUT2D eigenvalue weighted by molar-refractivity contribution is 0.0938. The number of nitrogens with zero attached hydrogens (tertiary/aromatic N) is 1. The summed E-state index contributed by atoms with van der Waals surface area (Å²) >= 11 is 0. The van der Waals surface area contributed by atoms with Gasteiger partial charge in [0, 0.05) is 13.1 Å². The third-order valence-electron chi connectivity index (χ3n) is 3.42. The number of benzene rings is 1. The number of likely N-dealkylation sites (N-methyl/N-ethyl adjacent to an activating group) is 1. The van der Waals surface area contributed by atoms with Gasteiger partial charge in [-0.15, -0.1) is 0 Å². The summed E-state index contributed by atoms with van der Waals surface area (Å²) in [6.07, 6.45) is 0. The van der Waals surface area contributed by atoms with Gasteiger partial charge >= 0.3 is 0 Å². The summed E-state index contributed by atoms with van der Waals surface area (Å²) < 4.78 is 11.0. The van der Waals surface area contributed by atoms with E-state index in [1.807, 2.05) is 12.1 Å². The van der Waals surface area contributed by atoms with Crippen molar-refractivity contribution in [3.05, 3.63) is 23.8 Å². The largest absolute Gasteiger partial charge is 0.486 e. The first-order chi connectivity index (χ1) is 9.76. The van der Waals surface area contributed by atoms with E-state index in [9.17, 15) is 4.79 Å². The Balaban J connectivity index is 1.96. The molecule has 0 unspecified atom stereocenters. The van der Waals surface area contributed by atoms with Crippen LogP contribution in [0.4, 0.5) is 0 Å². The zero-order valence-electron chi connectivity index (χ0n) is 12.1. The Morgan fingerprint density at radius 1 is 1.25 bits per heavy atom. The van der Waals surface area contributed by atoms with E-state index < -0.39 is 0 Å². The maximum atomic E-state index is 12.2. The Hall–Kier alpha value is -1.75. The minimum atomic E-state index is -0.112. The molecule has 20 heavy (non-hydrogen) atoms. The van der Waals surface area contributed by atoms with Crippen LogP contribution < -0.4 is 14.8 Å². The van der Waals surface area contributed by atoms with Crippen molar-refractivity contribution in [2.24, 2.45) is 0 Å². The van der Waals surface area contributed by atoms with E-state index in [0.29, 0.717) is 36.8 Å². The zero-order chi connectivity index (χ0) is 14.4. The third kappa shape index (κ3) is 3.42. The van der Waals surface area contributed by atoms with Gasteiger partial charge in [0.2, 0.25) is 0 Å². The van der Waals surface area contributed by atoms with Gasteiger partial charge in [-0.3, -0.25) is 4.79 Å². The van der Waals surface area contributed by atoms with Crippen LogP contribution in [0.5, 0.6) is 11.5 Å². The molecule has 0 aliphatic carbocycles. The molecule has 0 bridgehead atoms. The van der Waals surface area contributed by atoms with Gasteiger partial charge in [-0.05, 0) is 25.2 Å². The number of fused-ring (bicyclic) bond motifs is 1. The smallest absolute Gasteiger partial charge is 0.255 e. The Bertz CT molecular complexity index is 458. The van der Waals surface area contributed by atoms with E-state index in [4.69, 9.17) is 9.47 Å². The first-order valence-electron chi connectivity index (χ1n) is 7.15. The molecule has 5 heteroatoms. The first-order valence-corrected chi connectivity index (χ1v) is 7.15. The van der Waals surface area contributed by atoms with Crippen molar-refractivity contribution in [2.45, 2.75) is 13.8 Å². The van der Waals surface area contributed by atoms with Gasteiger partial charge in [0.15, 0.2) is 11.5 Å². The summed E-state index contributed by atoms with van der Waals surface area (Å²) in [6.45, 7) is 8.70. The van der Waals surface area contributed by atoms with Crippen molar-refractivity contribution < 1.29 is 14.3 Å². The highest BCUT2D eigenvalue weighted by atomic mass is 16.6. The average Bonchev–Trinajstić information content (AvgIpc) is 2.51. The number of nitrogens with one attached hydrogen (secondary N) is 1. The van der Waals surface area contributed by atoms with E-state index in [-0.39, 0.29) is 5.91 Å². The van der Waals surface area contributed by atoms with Crippen LogP contribution in [0.3, 0.4) is 0 Å². The molecule has 1 N–H and O–H groups in total.